The van der Waals surface area contributed by atoms with E-state index in [1.165, 1.54) is 43.4 Å². The molecule has 2 aromatic heterocycles. The highest BCUT2D eigenvalue weighted by atomic mass is 16.3. The number of aromatic nitrogens is 1. The molecule has 0 saturated heterocycles. The highest BCUT2D eigenvalue weighted by molar-refractivity contribution is 6.24. The van der Waals surface area contributed by atoms with Gasteiger partial charge in [-0.2, -0.15) is 0 Å². The number of nitrogens with one attached hydrogen (secondary N) is 1. The zero-order valence-corrected chi connectivity index (χ0v) is 18.3. The molecule has 1 N–H and O–H groups in total. The maximum Gasteiger partial charge on any atom is 0.143 e. The summed E-state index contributed by atoms with van der Waals surface area (Å²) in [5.41, 5.74) is 6.50. The Morgan fingerprint density at radius 3 is 2.09 bits per heavy atom. The quantitative estimate of drug-likeness (QED) is 0.275. The summed E-state index contributed by atoms with van der Waals surface area (Å²) in [6.07, 6.45) is 0. The van der Waals surface area contributed by atoms with Crippen LogP contribution in [0.4, 0.5) is 0 Å². The summed E-state index contributed by atoms with van der Waals surface area (Å²) < 4.78 is 6.53. The van der Waals surface area contributed by atoms with Crippen molar-refractivity contribution < 1.29 is 4.42 Å². The fourth-order valence-corrected chi connectivity index (χ4v) is 5.67. The molecule has 0 saturated carbocycles. The molecule has 0 spiro atoms. The molecule has 0 atom stereocenters. The van der Waals surface area contributed by atoms with Crippen molar-refractivity contribution in [2.75, 3.05) is 0 Å². The largest absolute Gasteiger partial charge is 0.455 e. The van der Waals surface area contributed by atoms with E-state index < -0.39 is 0 Å². The molecule has 158 valence electrons. The third-order valence-electron chi connectivity index (χ3n) is 7.19. The van der Waals surface area contributed by atoms with Crippen LogP contribution in [-0.4, -0.2) is 4.98 Å². The molecule has 2 heteroatoms. The Hall–Kier alpha value is -4.56. The third kappa shape index (κ3) is 2.29. The first-order valence-corrected chi connectivity index (χ1v) is 11.6. The zero-order chi connectivity index (χ0) is 22.2. The molecule has 8 rings (SSSR count). The lowest BCUT2D eigenvalue weighted by Gasteiger charge is -2.10. The van der Waals surface area contributed by atoms with Gasteiger partial charge in [-0.25, -0.2) is 0 Å². The Kier molecular flexibility index (Phi) is 3.42. The Morgan fingerprint density at radius 2 is 1.18 bits per heavy atom. The van der Waals surface area contributed by atoms with Crippen LogP contribution in [0.3, 0.4) is 0 Å². The maximum absolute atomic E-state index is 6.53. The molecular weight excluding hydrogens is 414 g/mol. The van der Waals surface area contributed by atoms with Gasteiger partial charge in [0.1, 0.15) is 11.2 Å². The van der Waals surface area contributed by atoms with E-state index in [1.807, 2.05) is 6.07 Å². The predicted octanol–water partition coefficient (Wildman–Crippen LogP) is 9.19. The van der Waals surface area contributed by atoms with Crippen LogP contribution in [0.15, 0.2) is 114 Å². The normalized spacial score (nSPS) is 12.1. The zero-order valence-electron chi connectivity index (χ0n) is 18.3. The summed E-state index contributed by atoms with van der Waals surface area (Å²) in [5.74, 6) is 0. The molecule has 0 aliphatic heterocycles. The fraction of sp³-hybridized carbons (Fsp3) is 0. The van der Waals surface area contributed by atoms with E-state index in [4.69, 9.17) is 4.42 Å². The number of benzene rings is 6. The van der Waals surface area contributed by atoms with Gasteiger partial charge < -0.3 is 9.40 Å². The van der Waals surface area contributed by atoms with Gasteiger partial charge >= 0.3 is 0 Å². The topological polar surface area (TPSA) is 28.9 Å². The van der Waals surface area contributed by atoms with Crippen molar-refractivity contribution in [3.8, 4) is 11.1 Å². The van der Waals surface area contributed by atoms with E-state index in [2.05, 4.69) is 108 Å². The van der Waals surface area contributed by atoms with E-state index in [1.54, 1.807) is 0 Å². The smallest absolute Gasteiger partial charge is 0.143 e. The Labute approximate surface area is 195 Å². The molecule has 34 heavy (non-hydrogen) atoms. The van der Waals surface area contributed by atoms with Gasteiger partial charge in [0, 0.05) is 38.1 Å². The molecule has 2 nitrogen and oxygen atoms in total. The van der Waals surface area contributed by atoms with Gasteiger partial charge in [-0.3, -0.25) is 0 Å². The molecule has 6 aromatic carbocycles. The van der Waals surface area contributed by atoms with Crippen LogP contribution >= 0.6 is 0 Å². The minimum atomic E-state index is 0.920. The molecule has 2 heterocycles. The summed E-state index contributed by atoms with van der Waals surface area (Å²) in [4.78, 5) is 3.81. The highest BCUT2D eigenvalue weighted by Gasteiger charge is 2.19. The van der Waals surface area contributed by atoms with Crippen LogP contribution < -0.4 is 0 Å². The lowest BCUT2D eigenvalue weighted by molar-refractivity contribution is 0.670. The van der Waals surface area contributed by atoms with E-state index in [0.717, 1.165) is 33.0 Å². The van der Waals surface area contributed by atoms with E-state index in [9.17, 15) is 0 Å². The Morgan fingerprint density at radius 1 is 0.471 bits per heavy atom. The number of rotatable bonds is 1. The third-order valence-corrected chi connectivity index (χ3v) is 7.19. The monoisotopic (exact) mass is 433 g/mol. The first-order chi connectivity index (χ1) is 16.9. The average Bonchev–Trinajstić information content (AvgIpc) is 3.46. The van der Waals surface area contributed by atoms with Crippen LogP contribution in [0.25, 0.3) is 76.4 Å². The molecule has 0 fully saturated rings. The molecule has 8 aromatic rings. The number of hydrogen-bond donors (Lipinski definition) is 1. The molecule has 0 unspecified atom stereocenters. The van der Waals surface area contributed by atoms with Crippen molar-refractivity contribution in [3.63, 3.8) is 0 Å². The minimum absolute atomic E-state index is 0.920. The van der Waals surface area contributed by atoms with E-state index in [-0.39, 0.29) is 0 Å². The van der Waals surface area contributed by atoms with Gasteiger partial charge in [0.25, 0.3) is 0 Å². The molecule has 0 amide bonds. The van der Waals surface area contributed by atoms with Crippen molar-refractivity contribution in [1.82, 2.24) is 4.98 Å². The first-order valence-electron chi connectivity index (χ1n) is 11.6. The number of H-pyrrole nitrogens is 1. The SMILES string of the molecule is c1ccc2c(-c3cccc4c3[nH]c3c5ccccc5ccc43)c3oc4ccccc4c3cc2c1. The van der Waals surface area contributed by atoms with Crippen molar-refractivity contribution >= 4 is 65.3 Å². The van der Waals surface area contributed by atoms with Gasteiger partial charge in [0.2, 0.25) is 0 Å². The van der Waals surface area contributed by atoms with Gasteiger partial charge in [-0.1, -0.05) is 97.1 Å². The predicted molar refractivity (Wildman–Crippen MR) is 144 cm³/mol. The second-order valence-electron chi connectivity index (χ2n) is 9.01. The second kappa shape index (κ2) is 6.49. The van der Waals surface area contributed by atoms with Gasteiger partial charge in [-0.15, -0.1) is 0 Å². The van der Waals surface area contributed by atoms with Crippen LogP contribution in [-0.2, 0) is 0 Å². The number of aromatic amines is 1. The second-order valence-corrected chi connectivity index (χ2v) is 9.01. The van der Waals surface area contributed by atoms with Crippen LogP contribution in [0.5, 0.6) is 0 Å². The molecular formula is C32H19NO. The fourth-order valence-electron chi connectivity index (χ4n) is 5.67. The summed E-state index contributed by atoms with van der Waals surface area (Å²) >= 11 is 0. The van der Waals surface area contributed by atoms with Crippen molar-refractivity contribution in [2.24, 2.45) is 0 Å². The molecule has 0 radical (unpaired) electrons. The summed E-state index contributed by atoms with van der Waals surface area (Å²) in [6, 6.07) is 38.8. The standard InChI is InChI=1S/C32H19NO/c1-4-11-22-19(8-1)16-17-25-24-13-7-14-26(31(24)33-30(22)25)29-21-10-3-2-9-20(21)18-27-23-12-5-6-15-28(23)34-32(27)29/h1-18,33H. The van der Waals surface area contributed by atoms with Crippen LogP contribution in [0.1, 0.15) is 0 Å². The van der Waals surface area contributed by atoms with Crippen molar-refractivity contribution in [2.45, 2.75) is 0 Å². The van der Waals surface area contributed by atoms with Crippen molar-refractivity contribution in [1.29, 1.82) is 0 Å². The van der Waals surface area contributed by atoms with E-state index in [0.29, 0.717) is 0 Å². The Balaban J connectivity index is 1.59. The number of furan rings is 1. The van der Waals surface area contributed by atoms with Crippen molar-refractivity contribution in [3.05, 3.63) is 109 Å². The van der Waals surface area contributed by atoms with Gasteiger partial charge in [0.15, 0.2) is 0 Å². The summed E-state index contributed by atoms with van der Waals surface area (Å²) in [7, 11) is 0. The molecule has 0 aliphatic carbocycles. The lowest BCUT2D eigenvalue weighted by atomic mass is 9.94. The van der Waals surface area contributed by atoms with Gasteiger partial charge in [0.05, 0.1) is 11.0 Å². The van der Waals surface area contributed by atoms with Crippen LogP contribution in [0, 0.1) is 0 Å². The number of hydrogen-bond acceptors (Lipinski definition) is 1. The molecule has 0 aliphatic rings. The summed E-state index contributed by atoms with van der Waals surface area (Å²) in [5, 5.41) is 9.69. The highest BCUT2D eigenvalue weighted by Crippen LogP contribution is 2.44. The number of para-hydroxylation sites is 2. The summed E-state index contributed by atoms with van der Waals surface area (Å²) in [6.45, 7) is 0. The number of fused-ring (bicyclic) bond motifs is 9. The van der Waals surface area contributed by atoms with Gasteiger partial charge in [-0.05, 0) is 28.3 Å². The maximum atomic E-state index is 6.53. The first kappa shape index (κ1) is 17.9. The Bertz CT molecular complexity index is 2070. The average molecular weight is 434 g/mol. The molecule has 0 bridgehead atoms. The van der Waals surface area contributed by atoms with Crippen LogP contribution in [0.2, 0.25) is 0 Å². The lowest BCUT2D eigenvalue weighted by Crippen LogP contribution is -1.85. The minimum Gasteiger partial charge on any atom is -0.455 e. The van der Waals surface area contributed by atoms with E-state index >= 15 is 0 Å².